The molecule has 6 heteroatoms. The maximum absolute atomic E-state index is 4.49. The number of anilines is 1. The van der Waals surface area contributed by atoms with Crippen LogP contribution in [0.3, 0.4) is 0 Å². The summed E-state index contributed by atoms with van der Waals surface area (Å²) in [5.41, 5.74) is 2.12. The Hall–Kier alpha value is -2.37. The van der Waals surface area contributed by atoms with E-state index in [1.54, 1.807) is 6.33 Å². The lowest BCUT2D eigenvalue weighted by atomic mass is 9.95. The van der Waals surface area contributed by atoms with Crippen molar-refractivity contribution < 1.29 is 0 Å². The molecule has 2 N–H and O–H groups in total. The van der Waals surface area contributed by atoms with Crippen molar-refractivity contribution in [3.8, 4) is 0 Å². The fourth-order valence-corrected chi connectivity index (χ4v) is 3.03. The molecule has 1 saturated heterocycles. The van der Waals surface area contributed by atoms with Crippen LogP contribution in [0.2, 0.25) is 0 Å². The molecule has 20 heavy (non-hydrogen) atoms. The first-order valence-electron chi connectivity index (χ1n) is 6.94. The summed E-state index contributed by atoms with van der Waals surface area (Å²) in [6.07, 6.45) is 7.73. The van der Waals surface area contributed by atoms with E-state index in [4.69, 9.17) is 0 Å². The fourth-order valence-electron chi connectivity index (χ4n) is 3.03. The second kappa shape index (κ2) is 4.63. The van der Waals surface area contributed by atoms with Gasteiger partial charge in [-0.05, 0) is 25.0 Å². The van der Waals surface area contributed by atoms with Gasteiger partial charge in [-0.15, -0.1) is 0 Å². The molecule has 1 aliphatic rings. The number of hydrogen-bond acceptors (Lipinski definition) is 4. The third-order valence-corrected chi connectivity index (χ3v) is 4.02. The standard InChI is InChI=1S/C14H16N6/c1-2-10(12-4-6-18-19-12)8-20(7-1)14-11-3-5-15-13(11)16-9-17-14/h3-6,9-10H,1-2,7-8H2,(H,18,19)(H,15,16,17). The van der Waals surface area contributed by atoms with Crippen molar-refractivity contribution >= 4 is 16.9 Å². The Morgan fingerprint density at radius 1 is 1.25 bits per heavy atom. The summed E-state index contributed by atoms with van der Waals surface area (Å²) in [5, 5.41) is 8.25. The Labute approximate surface area is 116 Å². The summed E-state index contributed by atoms with van der Waals surface area (Å²) < 4.78 is 0. The molecule has 6 nitrogen and oxygen atoms in total. The highest BCUT2D eigenvalue weighted by atomic mass is 15.2. The highest BCUT2D eigenvalue weighted by Gasteiger charge is 2.24. The van der Waals surface area contributed by atoms with E-state index in [0.717, 1.165) is 29.9 Å². The van der Waals surface area contributed by atoms with Crippen LogP contribution in [0, 0.1) is 0 Å². The van der Waals surface area contributed by atoms with Crippen LogP contribution in [0.25, 0.3) is 11.0 Å². The highest BCUT2D eigenvalue weighted by molar-refractivity contribution is 5.87. The van der Waals surface area contributed by atoms with Crippen LogP contribution in [0.15, 0.2) is 30.9 Å². The smallest absolute Gasteiger partial charge is 0.142 e. The van der Waals surface area contributed by atoms with Gasteiger partial charge >= 0.3 is 0 Å². The van der Waals surface area contributed by atoms with E-state index in [-0.39, 0.29) is 0 Å². The van der Waals surface area contributed by atoms with Crippen molar-refractivity contribution in [1.82, 2.24) is 25.1 Å². The van der Waals surface area contributed by atoms with Gasteiger partial charge in [0, 0.05) is 37.1 Å². The zero-order chi connectivity index (χ0) is 13.4. The number of aromatic amines is 2. The molecule has 3 aromatic heterocycles. The first-order valence-corrected chi connectivity index (χ1v) is 6.94. The number of nitrogens with one attached hydrogen (secondary N) is 2. The van der Waals surface area contributed by atoms with E-state index in [1.807, 2.05) is 18.5 Å². The topological polar surface area (TPSA) is 73.5 Å². The van der Waals surface area contributed by atoms with Gasteiger partial charge in [-0.2, -0.15) is 5.10 Å². The van der Waals surface area contributed by atoms with Gasteiger partial charge < -0.3 is 9.88 Å². The molecule has 3 aromatic rings. The third-order valence-electron chi connectivity index (χ3n) is 4.02. The molecule has 1 fully saturated rings. The zero-order valence-corrected chi connectivity index (χ0v) is 11.1. The van der Waals surface area contributed by atoms with Gasteiger partial charge in [0.25, 0.3) is 0 Å². The summed E-state index contributed by atoms with van der Waals surface area (Å²) in [5.74, 6) is 1.52. The van der Waals surface area contributed by atoms with Crippen LogP contribution in [-0.4, -0.2) is 38.2 Å². The summed E-state index contributed by atoms with van der Waals surface area (Å²) in [7, 11) is 0. The predicted molar refractivity (Wildman–Crippen MR) is 76.7 cm³/mol. The average molecular weight is 268 g/mol. The Balaban J connectivity index is 1.66. The first kappa shape index (κ1) is 11.5. The lowest BCUT2D eigenvalue weighted by Crippen LogP contribution is -2.35. The number of hydrogen-bond donors (Lipinski definition) is 2. The third kappa shape index (κ3) is 1.84. The first-order chi connectivity index (χ1) is 9.92. The SMILES string of the molecule is c1cc(C2CCCN(c3ncnc4[nH]ccc34)C2)[nH]n1. The monoisotopic (exact) mass is 268 g/mol. The summed E-state index contributed by atoms with van der Waals surface area (Å²) in [4.78, 5) is 14.2. The quantitative estimate of drug-likeness (QED) is 0.746. The van der Waals surface area contributed by atoms with Gasteiger partial charge in [0.2, 0.25) is 0 Å². The van der Waals surface area contributed by atoms with E-state index in [0.29, 0.717) is 5.92 Å². The van der Waals surface area contributed by atoms with Gasteiger partial charge in [-0.1, -0.05) is 0 Å². The van der Waals surface area contributed by atoms with Crippen LogP contribution < -0.4 is 4.90 Å². The second-order valence-electron chi connectivity index (χ2n) is 5.23. The minimum Gasteiger partial charge on any atom is -0.355 e. The molecule has 4 rings (SSSR count). The van der Waals surface area contributed by atoms with Crippen molar-refractivity contribution in [2.24, 2.45) is 0 Å². The molecule has 0 spiro atoms. The van der Waals surface area contributed by atoms with Crippen LogP contribution in [0.5, 0.6) is 0 Å². The maximum Gasteiger partial charge on any atom is 0.142 e. The largest absolute Gasteiger partial charge is 0.355 e. The molecule has 0 aliphatic carbocycles. The Bertz CT molecular complexity index is 701. The number of rotatable bonds is 2. The van der Waals surface area contributed by atoms with E-state index < -0.39 is 0 Å². The normalized spacial score (nSPS) is 19.6. The van der Waals surface area contributed by atoms with Crippen LogP contribution >= 0.6 is 0 Å². The van der Waals surface area contributed by atoms with Crippen molar-refractivity contribution in [1.29, 1.82) is 0 Å². The Morgan fingerprint density at radius 2 is 2.25 bits per heavy atom. The van der Waals surface area contributed by atoms with E-state index in [1.165, 1.54) is 18.5 Å². The molecule has 0 radical (unpaired) electrons. The molecular weight excluding hydrogens is 252 g/mol. The number of H-pyrrole nitrogens is 2. The molecule has 102 valence electrons. The molecule has 0 aromatic carbocycles. The maximum atomic E-state index is 4.49. The number of aromatic nitrogens is 5. The molecule has 0 saturated carbocycles. The van der Waals surface area contributed by atoms with Crippen LogP contribution in [-0.2, 0) is 0 Å². The lowest BCUT2D eigenvalue weighted by Gasteiger charge is -2.33. The number of fused-ring (bicyclic) bond motifs is 1. The van der Waals surface area contributed by atoms with Crippen molar-refractivity contribution in [3.05, 3.63) is 36.5 Å². The highest BCUT2D eigenvalue weighted by Crippen LogP contribution is 2.30. The van der Waals surface area contributed by atoms with Gasteiger partial charge in [0.15, 0.2) is 0 Å². The second-order valence-corrected chi connectivity index (χ2v) is 5.23. The van der Waals surface area contributed by atoms with Gasteiger partial charge in [-0.25, -0.2) is 9.97 Å². The lowest BCUT2D eigenvalue weighted by molar-refractivity contribution is 0.499. The zero-order valence-electron chi connectivity index (χ0n) is 11.1. The fraction of sp³-hybridized carbons (Fsp3) is 0.357. The summed E-state index contributed by atoms with van der Waals surface area (Å²) in [6.45, 7) is 2.02. The number of nitrogens with zero attached hydrogens (tertiary/aromatic N) is 4. The predicted octanol–water partition coefficient (Wildman–Crippen LogP) is 2.06. The van der Waals surface area contributed by atoms with Crippen molar-refractivity contribution in [3.63, 3.8) is 0 Å². The van der Waals surface area contributed by atoms with Crippen molar-refractivity contribution in [2.75, 3.05) is 18.0 Å². The molecule has 1 aliphatic heterocycles. The van der Waals surface area contributed by atoms with Crippen LogP contribution in [0.4, 0.5) is 5.82 Å². The van der Waals surface area contributed by atoms with Gasteiger partial charge in [0.05, 0.1) is 5.39 Å². The Morgan fingerprint density at radius 3 is 3.15 bits per heavy atom. The molecular formula is C14H16N6. The summed E-state index contributed by atoms with van der Waals surface area (Å²) >= 11 is 0. The van der Waals surface area contributed by atoms with Crippen molar-refractivity contribution in [2.45, 2.75) is 18.8 Å². The minimum absolute atomic E-state index is 0.496. The minimum atomic E-state index is 0.496. The Kier molecular flexibility index (Phi) is 2.65. The molecule has 0 bridgehead atoms. The molecule has 1 atom stereocenters. The average Bonchev–Trinajstić information content (AvgIpc) is 3.18. The van der Waals surface area contributed by atoms with Crippen LogP contribution in [0.1, 0.15) is 24.5 Å². The van der Waals surface area contributed by atoms with E-state index >= 15 is 0 Å². The van der Waals surface area contributed by atoms with E-state index in [2.05, 4.69) is 36.1 Å². The molecule has 0 amide bonds. The molecule has 1 unspecified atom stereocenters. The number of piperidine rings is 1. The van der Waals surface area contributed by atoms with E-state index in [9.17, 15) is 0 Å². The van der Waals surface area contributed by atoms with Gasteiger partial charge in [0.1, 0.15) is 17.8 Å². The van der Waals surface area contributed by atoms with Gasteiger partial charge in [-0.3, -0.25) is 5.10 Å². The molecule has 4 heterocycles. The summed E-state index contributed by atoms with van der Waals surface area (Å²) in [6, 6.07) is 4.12.